The molecule has 0 radical (unpaired) electrons. The Morgan fingerprint density at radius 2 is 1.86 bits per heavy atom. The first-order valence-electron chi connectivity index (χ1n) is 11.7. The Balaban J connectivity index is 1.23. The van der Waals surface area contributed by atoms with Gasteiger partial charge in [-0.15, -0.1) is 10.2 Å². The van der Waals surface area contributed by atoms with Crippen LogP contribution >= 0.6 is 0 Å². The number of benzene rings is 2. The normalized spacial score (nSPS) is 19.8. The second-order valence-corrected chi connectivity index (χ2v) is 9.23. The van der Waals surface area contributed by atoms with Crippen molar-refractivity contribution in [3.05, 3.63) is 89.7 Å². The Labute approximate surface area is 202 Å². The van der Waals surface area contributed by atoms with E-state index in [0.717, 1.165) is 41.7 Å². The third-order valence-corrected chi connectivity index (χ3v) is 6.67. The molecule has 0 bridgehead atoms. The van der Waals surface area contributed by atoms with Crippen LogP contribution in [-0.2, 0) is 11.3 Å². The Bertz CT molecular complexity index is 1450. The zero-order valence-electron chi connectivity index (χ0n) is 19.3. The molecule has 0 saturated carbocycles. The summed E-state index contributed by atoms with van der Waals surface area (Å²) in [5.41, 5.74) is 4.38. The minimum atomic E-state index is -0.393. The molecule has 1 saturated heterocycles. The average molecular weight is 465 g/mol. The molecule has 3 aliphatic rings. The van der Waals surface area contributed by atoms with Gasteiger partial charge in [0.1, 0.15) is 0 Å². The van der Waals surface area contributed by atoms with E-state index in [4.69, 9.17) is 0 Å². The monoisotopic (exact) mass is 464 g/mol. The molecule has 0 spiro atoms. The second-order valence-electron chi connectivity index (χ2n) is 9.23. The van der Waals surface area contributed by atoms with Crippen LogP contribution in [0.2, 0.25) is 0 Å². The van der Waals surface area contributed by atoms with Crippen LogP contribution in [0.3, 0.4) is 0 Å². The van der Waals surface area contributed by atoms with E-state index in [-0.39, 0.29) is 11.8 Å². The number of allylic oxidation sites excluding steroid dienone is 3. The van der Waals surface area contributed by atoms with Crippen molar-refractivity contribution in [3.63, 3.8) is 0 Å². The van der Waals surface area contributed by atoms with E-state index in [1.807, 2.05) is 77.5 Å². The molecule has 1 atom stereocenters. The van der Waals surface area contributed by atoms with Crippen molar-refractivity contribution in [2.45, 2.75) is 6.54 Å². The van der Waals surface area contributed by atoms with Gasteiger partial charge in [-0.25, -0.2) is 0 Å². The number of aromatic nitrogens is 2. The van der Waals surface area contributed by atoms with Gasteiger partial charge >= 0.3 is 0 Å². The van der Waals surface area contributed by atoms with Crippen molar-refractivity contribution in [1.29, 1.82) is 0 Å². The lowest BCUT2D eigenvalue weighted by Crippen LogP contribution is -2.45. The first-order chi connectivity index (χ1) is 17.1. The summed E-state index contributed by atoms with van der Waals surface area (Å²) in [5, 5.41) is 16.5. The minimum absolute atomic E-state index is 0.246. The van der Waals surface area contributed by atoms with Crippen LogP contribution in [0.4, 0.5) is 5.69 Å². The number of azo groups is 1. The topological polar surface area (TPSA) is 92.0 Å². The van der Waals surface area contributed by atoms with Gasteiger partial charge in [0, 0.05) is 42.2 Å². The molecule has 8 nitrogen and oxygen atoms in total. The molecule has 3 heterocycles. The molecule has 2 amide bonds. The predicted molar refractivity (Wildman–Crippen MR) is 134 cm³/mol. The number of likely N-dealkylation sites (tertiary alicyclic amines) is 1. The molecular formula is C27H24N6O2. The lowest BCUT2D eigenvalue weighted by atomic mass is 9.89. The molecule has 2 aliphatic heterocycles. The molecule has 1 aliphatic carbocycles. The SMILES string of the molecule is CN1CC(Cn2nc(C(=O)Nc3ccc(C4=C5C=CC=CC5C(=O)N=N4)cc3)c3ccccc32)C1. The smallest absolute Gasteiger partial charge is 0.276 e. The van der Waals surface area contributed by atoms with Crippen molar-refractivity contribution in [1.82, 2.24) is 14.7 Å². The molecule has 1 N–H and O–H groups in total. The van der Waals surface area contributed by atoms with Crippen LogP contribution in [0.1, 0.15) is 16.1 Å². The number of carbonyl (C=O) groups excluding carboxylic acids is 2. The van der Waals surface area contributed by atoms with Crippen LogP contribution in [0.5, 0.6) is 0 Å². The summed E-state index contributed by atoms with van der Waals surface area (Å²) >= 11 is 0. The van der Waals surface area contributed by atoms with Gasteiger partial charge in [-0.3, -0.25) is 14.3 Å². The maximum absolute atomic E-state index is 13.2. The molecule has 8 heteroatoms. The van der Waals surface area contributed by atoms with Gasteiger partial charge in [0.05, 0.1) is 17.1 Å². The van der Waals surface area contributed by atoms with Crippen molar-refractivity contribution >= 4 is 34.1 Å². The predicted octanol–water partition coefficient (Wildman–Crippen LogP) is 4.30. The standard InChI is InChI=1S/C27H24N6O2/c1-32-14-17(15-32)16-33-23-9-5-4-8-22(23)25(31-33)27(35)28-19-12-10-18(11-13-19)24-20-6-2-3-7-21(20)26(34)30-29-24/h2-13,17,21H,14-16H2,1H3,(H,28,35). The van der Waals surface area contributed by atoms with Crippen LogP contribution in [0.15, 0.2) is 88.6 Å². The van der Waals surface area contributed by atoms with Crippen molar-refractivity contribution in [3.8, 4) is 0 Å². The molecule has 3 aromatic rings. The summed E-state index contributed by atoms with van der Waals surface area (Å²) in [5.74, 6) is -0.355. The highest BCUT2D eigenvalue weighted by atomic mass is 16.2. The highest BCUT2D eigenvalue weighted by Gasteiger charge is 2.28. The van der Waals surface area contributed by atoms with E-state index >= 15 is 0 Å². The number of amides is 2. The van der Waals surface area contributed by atoms with E-state index < -0.39 is 5.92 Å². The molecule has 1 fully saturated rings. The number of nitrogens with zero attached hydrogens (tertiary/aromatic N) is 5. The molecule has 1 unspecified atom stereocenters. The van der Waals surface area contributed by atoms with Gasteiger partial charge in [0.2, 0.25) is 0 Å². The first kappa shape index (κ1) is 21.4. The Morgan fingerprint density at radius 3 is 2.66 bits per heavy atom. The number of para-hydroxylation sites is 1. The highest BCUT2D eigenvalue weighted by Crippen LogP contribution is 2.34. The summed E-state index contributed by atoms with van der Waals surface area (Å²) in [7, 11) is 2.11. The van der Waals surface area contributed by atoms with Gasteiger partial charge in [-0.05, 0) is 30.8 Å². The lowest BCUT2D eigenvalue weighted by Gasteiger charge is -2.36. The number of rotatable bonds is 5. The van der Waals surface area contributed by atoms with E-state index in [0.29, 0.717) is 23.0 Å². The molecule has 6 rings (SSSR count). The Morgan fingerprint density at radius 1 is 1.06 bits per heavy atom. The fourth-order valence-corrected chi connectivity index (χ4v) is 4.95. The van der Waals surface area contributed by atoms with Gasteiger partial charge < -0.3 is 10.2 Å². The summed E-state index contributed by atoms with van der Waals surface area (Å²) in [6, 6.07) is 15.3. The third-order valence-electron chi connectivity index (χ3n) is 6.67. The number of anilines is 1. The van der Waals surface area contributed by atoms with Crippen molar-refractivity contribution in [2.75, 3.05) is 25.5 Å². The van der Waals surface area contributed by atoms with Crippen LogP contribution < -0.4 is 5.32 Å². The fraction of sp³-hybridized carbons (Fsp3) is 0.222. The van der Waals surface area contributed by atoms with Crippen LogP contribution in [-0.4, -0.2) is 46.6 Å². The van der Waals surface area contributed by atoms with Crippen molar-refractivity contribution in [2.24, 2.45) is 22.1 Å². The Kier molecular flexibility index (Phi) is 5.22. The molecule has 174 valence electrons. The maximum Gasteiger partial charge on any atom is 0.276 e. The maximum atomic E-state index is 13.2. The van der Waals surface area contributed by atoms with Gasteiger partial charge in [0.25, 0.3) is 11.8 Å². The van der Waals surface area contributed by atoms with Crippen molar-refractivity contribution < 1.29 is 9.59 Å². The minimum Gasteiger partial charge on any atom is -0.321 e. The fourth-order valence-electron chi connectivity index (χ4n) is 4.95. The third kappa shape index (κ3) is 3.91. The first-order valence-corrected chi connectivity index (χ1v) is 11.7. The number of nitrogens with one attached hydrogen (secondary N) is 1. The zero-order chi connectivity index (χ0) is 23.9. The van der Waals surface area contributed by atoms with Gasteiger partial charge in [-0.2, -0.15) is 5.10 Å². The lowest BCUT2D eigenvalue weighted by molar-refractivity contribution is -0.119. The van der Waals surface area contributed by atoms with E-state index in [1.54, 1.807) is 0 Å². The van der Waals surface area contributed by atoms with E-state index in [2.05, 4.69) is 32.6 Å². The molecular weight excluding hydrogens is 440 g/mol. The summed E-state index contributed by atoms with van der Waals surface area (Å²) in [4.78, 5) is 27.5. The number of hydrogen-bond donors (Lipinski definition) is 1. The van der Waals surface area contributed by atoms with Gasteiger partial charge in [0.15, 0.2) is 5.69 Å². The summed E-state index contributed by atoms with van der Waals surface area (Å²) in [6.07, 6.45) is 7.46. The Hall–Kier alpha value is -4.17. The van der Waals surface area contributed by atoms with Crippen LogP contribution in [0, 0.1) is 11.8 Å². The van der Waals surface area contributed by atoms with E-state index in [1.165, 1.54) is 0 Å². The number of fused-ring (bicyclic) bond motifs is 2. The average Bonchev–Trinajstić information content (AvgIpc) is 3.23. The van der Waals surface area contributed by atoms with E-state index in [9.17, 15) is 9.59 Å². The second kappa shape index (κ2) is 8.56. The summed E-state index contributed by atoms with van der Waals surface area (Å²) < 4.78 is 1.96. The molecule has 35 heavy (non-hydrogen) atoms. The quantitative estimate of drug-likeness (QED) is 0.610. The number of carbonyl (C=O) groups is 2. The van der Waals surface area contributed by atoms with Crippen LogP contribution in [0.25, 0.3) is 16.6 Å². The molecule has 2 aromatic carbocycles. The zero-order valence-corrected chi connectivity index (χ0v) is 19.3. The van der Waals surface area contributed by atoms with Gasteiger partial charge in [-0.1, -0.05) is 54.6 Å². The summed E-state index contributed by atoms with van der Waals surface area (Å²) in [6.45, 7) is 2.88. The largest absolute Gasteiger partial charge is 0.321 e. The highest BCUT2D eigenvalue weighted by molar-refractivity contribution is 6.11. The molecule has 1 aromatic heterocycles. The number of hydrogen-bond acceptors (Lipinski definition) is 5.